The van der Waals surface area contributed by atoms with Crippen LogP contribution in [-0.2, 0) is 0 Å². The van der Waals surface area contributed by atoms with Crippen LogP contribution in [0.2, 0.25) is 0 Å². The minimum atomic E-state index is 0.445. The second-order valence-corrected chi connectivity index (χ2v) is 3.37. The molecule has 0 radical (unpaired) electrons. The van der Waals surface area contributed by atoms with E-state index in [1.54, 1.807) is 6.20 Å². The van der Waals surface area contributed by atoms with Gasteiger partial charge in [-0.25, -0.2) is 0 Å². The SMILES string of the molecule is CS/C(N)=N\N=C(C)c1ccccn1. The number of pyridine rings is 1. The Labute approximate surface area is 87.3 Å². The van der Waals surface area contributed by atoms with E-state index >= 15 is 0 Å². The third-order valence-corrected chi connectivity index (χ3v) is 2.04. The van der Waals surface area contributed by atoms with Gasteiger partial charge in [-0.3, -0.25) is 4.98 Å². The van der Waals surface area contributed by atoms with Crippen molar-refractivity contribution in [3.63, 3.8) is 0 Å². The average Bonchev–Trinajstić information content (AvgIpc) is 2.26. The quantitative estimate of drug-likeness (QED) is 0.455. The summed E-state index contributed by atoms with van der Waals surface area (Å²) < 4.78 is 0. The molecule has 0 unspecified atom stereocenters. The second kappa shape index (κ2) is 5.39. The third kappa shape index (κ3) is 3.18. The lowest BCUT2D eigenvalue weighted by atomic mass is 10.3. The summed E-state index contributed by atoms with van der Waals surface area (Å²) in [6.07, 6.45) is 3.57. The highest BCUT2D eigenvalue weighted by atomic mass is 32.2. The first-order valence-corrected chi connectivity index (χ1v) is 5.29. The molecule has 0 amide bonds. The van der Waals surface area contributed by atoms with E-state index in [1.165, 1.54) is 11.8 Å². The fourth-order valence-corrected chi connectivity index (χ4v) is 0.916. The van der Waals surface area contributed by atoms with Crippen LogP contribution in [0.5, 0.6) is 0 Å². The van der Waals surface area contributed by atoms with Gasteiger partial charge in [-0.15, -0.1) is 5.10 Å². The summed E-state index contributed by atoms with van der Waals surface area (Å²) in [5, 5.41) is 8.23. The van der Waals surface area contributed by atoms with E-state index in [4.69, 9.17) is 5.73 Å². The summed E-state index contributed by atoms with van der Waals surface area (Å²) in [6.45, 7) is 1.85. The van der Waals surface area contributed by atoms with E-state index in [2.05, 4.69) is 15.2 Å². The maximum absolute atomic E-state index is 5.48. The predicted octanol–water partition coefficient (Wildman–Crippen LogP) is 1.48. The van der Waals surface area contributed by atoms with Crippen LogP contribution in [0, 0.1) is 0 Å². The number of hydrogen-bond donors (Lipinski definition) is 1. The molecule has 1 aromatic heterocycles. The zero-order chi connectivity index (χ0) is 10.4. The van der Waals surface area contributed by atoms with Crippen LogP contribution in [0.4, 0.5) is 0 Å². The molecular weight excluding hydrogens is 196 g/mol. The summed E-state index contributed by atoms with van der Waals surface area (Å²) in [6, 6.07) is 5.64. The summed E-state index contributed by atoms with van der Waals surface area (Å²) in [5.74, 6) is 0. The summed E-state index contributed by atoms with van der Waals surface area (Å²) in [5.41, 5.74) is 7.05. The van der Waals surface area contributed by atoms with Crippen LogP contribution in [0.3, 0.4) is 0 Å². The van der Waals surface area contributed by atoms with Gasteiger partial charge in [0.25, 0.3) is 0 Å². The van der Waals surface area contributed by atoms with Gasteiger partial charge < -0.3 is 5.73 Å². The van der Waals surface area contributed by atoms with Gasteiger partial charge in [-0.2, -0.15) is 5.10 Å². The van der Waals surface area contributed by atoms with Crippen molar-refractivity contribution in [1.82, 2.24) is 4.98 Å². The van der Waals surface area contributed by atoms with Crippen LogP contribution in [0.25, 0.3) is 0 Å². The van der Waals surface area contributed by atoms with Gasteiger partial charge in [0, 0.05) is 6.20 Å². The molecule has 1 rings (SSSR count). The number of nitrogens with zero attached hydrogens (tertiary/aromatic N) is 3. The Morgan fingerprint density at radius 3 is 2.79 bits per heavy atom. The maximum Gasteiger partial charge on any atom is 0.180 e. The van der Waals surface area contributed by atoms with Crippen molar-refractivity contribution in [2.45, 2.75) is 6.92 Å². The van der Waals surface area contributed by atoms with Gasteiger partial charge in [-0.1, -0.05) is 17.8 Å². The van der Waals surface area contributed by atoms with Gasteiger partial charge in [0.2, 0.25) is 0 Å². The Bertz CT molecular complexity index is 345. The Kier molecular flexibility index (Phi) is 4.12. The summed E-state index contributed by atoms with van der Waals surface area (Å²) in [7, 11) is 0. The van der Waals surface area contributed by atoms with Crippen LogP contribution >= 0.6 is 11.8 Å². The predicted molar refractivity (Wildman–Crippen MR) is 61.6 cm³/mol. The van der Waals surface area contributed by atoms with Crippen molar-refractivity contribution in [2.75, 3.05) is 6.26 Å². The molecule has 0 atom stereocenters. The highest BCUT2D eigenvalue weighted by molar-refractivity contribution is 8.13. The lowest BCUT2D eigenvalue weighted by Gasteiger charge is -1.96. The fraction of sp³-hybridized carbons (Fsp3) is 0.222. The van der Waals surface area contributed by atoms with Crippen LogP contribution < -0.4 is 5.73 Å². The molecule has 0 aliphatic rings. The standard InChI is InChI=1S/C9H12N4S/c1-7(12-13-9(10)14-2)8-5-3-4-6-11-8/h3-6H,1-2H3,(H2,10,13). The molecule has 2 N–H and O–H groups in total. The van der Waals surface area contributed by atoms with Crippen molar-refractivity contribution in [3.8, 4) is 0 Å². The molecule has 0 spiro atoms. The van der Waals surface area contributed by atoms with E-state index in [-0.39, 0.29) is 0 Å². The van der Waals surface area contributed by atoms with Gasteiger partial charge in [0.15, 0.2) is 5.17 Å². The number of amidine groups is 1. The van der Waals surface area contributed by atoms with Gasteiger partial charge in [0.05, 0.1) is 11.4 Å². The van der Waals surface area contributed by atoms with Crippen molar-refractivity contribution in [3.05, 3.63) is 30.1 Å². The Hall–Kier alpha value is -1.36. The van der Waals surface area contributed by atoms with Gasteiger partial charge in [-0.05, 0) is 25.3 Å². The minimum absolute atomic E-state index is 0.445. The normalized spacial score (nSPS) is 13.0. The number of thioether (sulfide) groups is 1. The molecular formula is C9H12N4S. The highest BCUT2D eigenvalue weighted by Crippen LogP contribution is 1.98. The van der Waals surface area contributed by atoms with Gasteiger partial charge >= 0.3 is 0 Å². The number of aromatic nitrogens is 1. The molecule has 1 heterocycles. The Balaban J connectivity index is 2.81. The molecule has 4 nitrogen and oxygen atoms in total. The molecule has 0 aliphatic carbocycles. The van der Waals surface area contributed by atoms with Crippen LogP contribution in [0.15, 0.2) is 34.6 Å². The van der Waals surface area contributed by atoms with Crippen molar-refractivity contribution >= 4 is 22.6 Å². The van der Waals surface area contributed by atoms with Crippen molar-refractivity contribution in [2.24, 2.45) is 15.9 Å². The molecule has 0 bridgehead atoms. The maximum atomic E-state index is 5.48. The molecule has 14 heavy (non-hydrogen) atoms. The summed E-state index contributed by atoms with van der Waals surface area (Å²) >= 11 is 1.36. The lowest BCUT2D eigenvalue weighted by molar-refractivity contribution is 1.20. The van der Waals surface area contributed by atoms with E-state index < -0.39 is 0 Å². The Morgan fingerprint density at radius 1 is 1.43 bits per heavy atom. The van der Waals surface area contributed by atoms with Crippen molar-refractivity contribution in [1.29, 1.82) is 0 Å². The van der Waals surface area contributed by atoms with Crippen LogP contribution in [-0.4, -0.2) is 22.1 Å². The average molecular weight is 208 g/mol. The van der Waals surface area contributed by atoms with E-state index in [0.29, 0.717) is 5.17 Å². The van der Waals surface area contributed by atoms with Crippen molar-refractivity contribution < 1.29 is 0 Å². The molecule has 0 saturated carbocycles. The topological polar surface area (TPSA) is 63.6 Å². The largest absolute Gasteiger partial charge is 0.377 e. The van der Waals surface area contributed by atoms with E-state index in [1.807, 2.05) is 31.4 Å². The highest BCUT2D eigenvalue weighted by Gasteiger charge is 1.96. The zero-order valence-electron chi connectivity index (χ0n) is 8.14. The number of nitrogens with two attached hydrogens (primary N) is 1. The van der Waals surface area contributed by atoms with E-state index in [0.717, 1.165) is 11.4 Å². The first-order chi connectivity index (χ1) is 6.74. The molecule has 5 heteroatoms. The molecule has 0 saturated heterocycles. The molecule has 0 fully saturated rings. The second-order valence-electron chi connectivity index (χ2n) is 2.54. The van der Waals surface area contributed by atoms with E-state index in [9.17, 15) is 0 Å². The van der Waals surface area contributed by atoms with Gasteiger partial charge in [0.1, 0.15) is 0 Å². The molecule has 74 valence electrons. The zero-order valence-corrected chi connectivity index (χ0v) is 8.95. The first-order valence-electron chi connectivity index (χ1n) is 4.07. The van der Waals surface area contributed by atoms with Crippen LogP contribution in [0.1, 0.15) is 12.6 Å². The lowest BCUT2D eigenvalue weighted by Crippen LogP contribution is -2.05. The Morgan fingerprint density at radius 2 is 2.21 bits per heavy atom. The third-order valence-electron chi connectivity index (χ3n) is 1.54. The monoisotopic (exact) mass is 208 g/mol. The summed E-state index contributed by atoms with van der Waals surface area (Å²) in [4.78, 5) is 4.13. The smallest absolute Gasteiger partial charge is 0.180 e. The molecule has 0 aliphatic heterocycles. The molecule has 1 aromatic rings. The minimum Gasteiger partial charge on any atom is -0.377 e. The number of rotatable bonds is 2. The number of hydrogen-bond acceptors (Lipinski definition) is 4. The first kappa shape index (κ1) is 10.7. The fourth-order valence-electron chi connectivity index (χ4n) is 0.793. The molecule has 0 aromatic carbocycles.